The second-order valence-electron chi connectivity index (χ2n) is 4.38. The Morgan fingerprint density at radius 3 is 1.04 bits per heavy atom. The average molecular weight is 359 g/mol. The van der Waals surface area contributed by atoms with Crippen LogP contribution in [-0.4, -0.2) is 24.7 Å². The molecule has 0 spiro atoms. The van der Waals surface area contributed by atoms with Crippen molar-refractivity contribution < 1.29 is 4.74 Å². The maximum absolute atomic E-state index is 5.13. The summed E-state index contributed by atoms with van der Waals surface area (Å²) in [5.74, 6) is 2.68. The zero-order chi connectivity index (χ0) is 19.3. The van der Waals surface area contributed by atoms with Gasteiger partial charge in [0.25, 0.3) is 0 Å². The first-order valence-electron chi connectivity index (χ1n) is 9.98. The molecule has 0 fully saturated rings. The Morgan fingerprint density at radius 2 is 0.833 bits per heavy atom. The zero-order valence-electron chi connectivity index (χ0n) is 17.9. The molecule has 1 nitrogen and oxygen atoms in total. The summed E-state index contributed by atoms with van der Waals surface area (Å²) in [6, 6.07) is 12.0. The van der Waals surface area contributed by atoms with Crippen molar-refractivity contribution in [3.05, 3.63) is 36.4 Å². The Balaban J connectivity index is -0.000000113. The summed E-state index contributed by atoms with van der Waals surface area (Å²) in [6.07, 6.45) is 4.93. The Hall–Kier alpha value is -0.470. The third kappa shape index (κ3) is 49.6. The van der Waals surface area contributed by atoms with E-state index in [0.717, 1.165) is 26.1 Å². The van der Waals surface area contributed by atoms with Crippen molar-refractivity contribution in [2.24, 2.45) is 0 Å². The first kappa shape index (κ1) is 31.3. The molecular formula is C22H46OS. The SMILES string of the molecule is CC.CC.CCCOCCC.CCCSCCC.c1ccccc1. The summed E-state index contributed by atoms with van der Waals surface area (Å²) in [6.45, 7) is 18.5. The molecule has 0 heterocycles. The zero-order valence-corrected chi connectivity index (χ0v) is 18.8. The molecule has 24 heavy (non-hydrogen) atoms. The summed E-state index contributed by atoms with van der Waals surface area (Å²) in [7, 11) is 0. The second kappa shape index (κ2) is 43.3. The second-order valence-corrected chi connectivity index (χ2v) is 5.60. The van der Waals surface area contributed by atoms with Crippen LogP contribution >= 0.6 is 11.8 Å². The van der Waals surface area contributed by atoms with E-state index < -0.39 is 0 Å². The Bertz CT molecular complexity index is 182. The molecule has 0 aromatic heterocycles. The van der Waals surface area contributed by atoms with Crippen LogP contribution in [0.3, 0.4) is 0 Å². The molecule has 0 aliphatic heterocycles. The van der Waals surface area contributed by atoms with Gasteiger partial charge in [0.2, 0.25) is 0 Å². The van der Waals surface area contributed by atoms with Gasteiger partial charge in [-0.15, -0.1) is 0 Å². The van der Waals surface area contributed by atoms with E-state index in [-0.39, 0.29) is 0 Å². The number of benzene rings is 1. The molecule has 0 N–H and O–H groups in total. The minimum Gasteiger partial charge on any atom is -0.381 e. The van der Waals surface area contributed by atoms with Crippen molar-refractivity contribution in [2.45, 2.75) is 81.1 Å². The molecule has 1 rings (SSSR count). The molecule has 0 saturated heterocycles. The van der Waals surface area contributed by atoms with E-state index in [1.807, 2.05) is 64.1 Å². The van der Waals surface area contributed by atoms with Crippen LogP contribution in [-0.2, 0) is 4.74 Å². The summed E-state index contributed by atoms with van der Waals surface area (Å²) in [4.78, 5) is 0. The van der Waals surface area contributed by atoms with Crippen LogP contribution in [0.15, 0.2) is 36.4 Å². The lowest BCUT2D eigenvalue weighted by Crippen LogP contribution is -1.92. The van der Waals surface area contributed by atoms with E-state index >= 15 is 0 Å². The van der Waals surface area contributed by atoms with Crippen molar-refractivity contribution in [1.82, 2.24) is 0 Å². The average Bonchev–Trinajstić information content (AvgIpc) is 2.68. The first-order chi connectivity index (χ1) is 11.8. The normalized spacial score (nSPS) is 8.00. The third-order valence-electron chi connectivity index (χ3n) is 2.06. The van der Waals surface area contributed by atoms with Gasteiger partial charge in [-0.25, -0.2) is 0 Å². The Morgan fingerprint density at radius 1 is 0.542 bits per heavy atom. The standard InChI is InChI=1S/C6H14O.C6H14S.C6H6.2C2H6/c2*1-3-5-7-6-4-2;1-2-4-6-5-3-1;2*1-2/h2*3-6H2,1-2H3;1-6H;2*1-2H3. The van der Waals surface area contributed by atoms with Crippen molar-refractivity contribution in [2.75, 3.05) is 24.7 Å². The smallest absolute Gasteiger partial charge is 0.0463 e. The highest BCUT2D eigenvalue weighted by atomic mass is 32.2. The van der Waals surface area contributed by atoms with Gasteiger partial charge in [0.15, 0.2) is 0 Å². The Labute approximate surface area is 159 Å². The minimum atomic E-state index is 0.924. The fraction of sp³-hybridized carbons (Fsp3) is 0.727. The van der Waals surface area contributed by atoms with Gasteiger partial charge in [-0.3, -0.25) is 0 Å². The van der Waals surface area contributed by atoms with E-state index in [9.17, 15) is 0 Å². The van der Waals surface area contributed by atoms with E-state index in [4.69, 9.17) is 4.74 Å². The summed E-state index contributed by atoms with van der Waals surface area (Å²) in [5, 5.41) is 0. The fourth-order valence-electron chi connectivity index (χ4n) is 1.17. The molecule has 0 bridgehead atoms. The highest BCUT2D eigenvalue weighted by Crippen LogP contribution is 2.02. The molecule has 1 aromatic rings. The van der Waals surface area contributed by atoms with Gasteiger partial charge in [-0.1, -0.05) is 91.8 Å². The molecule has 0 radical (unpaired) electrons. The maximum atomic E-state index is 5.13. The number of hydrogen-bond acceptors (Lipinski definition) is 2. The van der Waals surface area contributed by atoms with Gasteiger partial charge >= 0.3 is 0 Å². The third-order valence-corrected chi connectivity index (χ3v) is 3.45. The molecule has 0 saturated carbocycles. The Kier molecular flexibility index (Phi) is 56.5. The van der Waals surface area contributed by atoms with Gasteiger partial charge in [-0.05, 0) is 37.2 Å². The van der Waals surface area contributed by atoms with Gasteiger partial charge < -0.3 is 4.74 Å². The van der Waals surface area contributed by atoms with Crippen molar-refractivity contribution in [3.8, 4) is 0 Å². The van der Waals surface area contributed by atoms with Gasteiger partial charge in [0.1, 0.15) is 0 Å². The fourth-order valence-corrected chi connectivity index (χ4v) is 1.95. The van der Waals surface area contributed by atoms with Crippen LogP contribution in [0.2, 0.25) is 0 Å². The van der Waals surface area contributed by atoms with E-state index in [1.165, 1.54) is 24.3 Å². The molecule has 0 unspecified atom stereocenters. The maximum Gasteiger partial charge on any atom is 0.0463 e. The highest BCUT2D eigenvalue weighted by Gasteiger charge is 1.80. The minimum absolute atomic E-state index is 0.924. The van der Waals surface area contributed by atoms with Crippen LogP contribution < -0.4 is 0 Å². The molecule has 0 aliphatic carbocycles. The highest BCUT2D eigenvalue weighted by molar-refractivity contribution is 7.99. The monoisotopic (exact) mass is 358 g/mol. The molecule has 2 heteroatoms. The lowest BCUT2D eigenvalue weighted by atomic mass is 10.4. The van der Waals surface area contributed by atoms with E-state index in [1.54, 1.807) is 0 Å². The molecule has 0 amide bonds. The molecule has 0 atom stereocenters. The summed E-state index contributed by atoms with van der Waals surface area (Å²) >= 11 is 2.05. The quantitative estimate of drug-likeness (QED) is 0.434. The van der Waals surface area contributed by atoms with Gasteiger partial charge in [-0.2, -0.15) is 11.8 Å². The van der Waals surface area contributed by atoms with Crippen LogP contribution in [0.5, 0.6) is 0 Å². The molecule has 1 aromatic carbocycles. The van der Waals surface area contributed by atoms with E-state index in [0.29, 0.717) is 0 Å². The van der Waals surface area contributed by atoms with Crippen molar-refractivity contribution in [3.63, 3.8) is 0 Å². The van der Waals surface area contributed by atoms with Crippen LogP contribution in [0.1, 0.15) is 81.1 Å². The lowest BCUT2D eigenvalue weighted by molar-refractivity contribution is 0.135. The van der Waals surface area contributed by atoms with E-state index in [2.05, 4.69) is 39.5 Å². The van der Waals surface area contributed by atoms with Crippen molar-refractivity contribution in [1.29, 1.82) is 0 Å². The van der Waals surface area contributed by atoms with Crippen LogP contribution in [0.25, 0.3) is 0 Å². The largest absolute Gasteiger partial charge is 0.381 e. The topological polar surface area (TPSA) is 9.23 Å². The van der Waals surface area contributed by atoms with Crippen LogP contribution in [0, 0.1) is 0 Å². The molecular weight excluding hydrogens is 312 g/mol. The number of rotatable bonds is 8. The number of ether oxygens (including phenoxy) is 1. The number of thioether (sulfide) groups is 1. The molecule has 146 valence electrons. The first-order valence-corrected chi connectivity index (χ1v) is 11.1. The van der Waals surface area contributed by atoms with Crippen molar-refractivity contribution >= 4 is 11.8 Å². The number of hydrogen-bond donors (Lipinski definition) is 0. The predicted octanol–water partition coefficient (Wildman–Crippen LogP) is 8.10. The van der Waals surface area contributed by atoms with Gasteiger partial charge in [0.05, 0.1) is 0 Å². The summed E-state index contributed by atoms with van der Waals surface area (Å²) in [5.41, 5.74) is 0. The predicted molar refractivity (Wildman–Crippen MR) is 118 cm³/mol. The van der Waals surface area contributed by atoms with Crippen LogP contribution in [0.4, 0.5) is 0 Å². The molecule has 0 aliphatic rings. The summed E-state index contributed by atoms with van der Waals surface area (Å²) < 4.78 is 5.13. The van der Waals surface area contributed by atoms with Gasteiger partial charge in [0, 0.05) is 13.2 Å². The lowest BCUT2D eigenvalue weighted by Gasteiger charge is -1.95.